The zero-order valence-electron chi connectivity index (χ0n) is 16.3. The molecule has 9 heteroatoms. The third-order valence-electron chi connectivity index (χ3n) is 4.28. The molecule has 29 heavy (non-hydrogen) atoms. The summed E-state index contributed by atoms with van der Waals surface area (Å²) in [5.74, 6) is 1.88. The van der Waals surface area contributed by atoms with Gasteiger partial charge in [-0.25, -0.2) is 4.98 Å². The molecule has 3 rings (SSSR count). The SMILES string of the molecule is CCOc1ncccc1CNC(=O)CCn1c(-c2ccc(OC)cc2)n[nH]c1=S. The molecule has 0 aliphatic carbocycles. The first-order valence-corrected chi connectivity index (χ1v) is 9.66. The van der Waals surface area contributed by atoms with Crippen molar-refractivity contribution in [3.8, 4) is 23.0 Å². The van der Waals surface area contributed by atoms with Crippen LogP contribution in [0.3, 0.4) is 0 Å². The van der Waals surface area contributed by atoms with Crippen molar-refractivity contribution >= 4 is 18.1 Å². The molecular formula is C20H23N5O3S. The van der Waals surface area contributed by atoms with E-state index in [9.17, 15) is 4.79 Å². The average Bonchev–Trinajstić information content (AvgIpc) is 3.12. The Bertz CT molecular complexity index is 1010. The van der Waals surface area contributed by atoms with Crippen molar-refractivity contribution in [2.75, 3.05) is 13.7 Å². The lowest BCUT2D eigenvalue weighted by Gasteiger charge is -2.11. The van der Waals surface area contributed by atoms with Gasteiger partial charge >= 0.3 is 0 Å². The first kappa shape index (κ1) is 20.5. The number of aromatic nitrogens is 4. The lowest BCUT2D eigenvalue weighted by Crippen LogP contribution is -2.24. The second kappa shape index (κ2) is 9.83. The van der Waals surface area contributed by atoms with Crippen molar-refractivity contribution in [3.05, 3.63) is 52.9 Å². The highest BCUT2D eigenvalue weighted by molar-refractivity contribution is 7.71. The second-order valence-corrected chi connectivity index (χ2v) is 6.55. The second-order valence-electron chi connectivity index (χ2n) is 6.16. The molecule has 0 bridgehead atoms. The number of nitrogens with zero attached hydrogens (tertiary/aromatic N) is 3. The van der Waals surface area contributed by atoms with Gasteiger partial charge in [-0.2, -0.15) is 5.10 Å². The van der Waals surface area contributed by atoms with Gasteiger partial charge in [0.15, 0.2) is 10.6 Å². The summed E-state index contributed by atoms with van der Waals surface area (Å²) in [4.78, 5) is 16.5. The monoisotopic (exact) mass is 413 g/mol. The summed E-state index contributed by atoms with van der Waals surface area (Å²) in [6.45, 7) is 3.18. The number of pyridine rings is 1. The van der Waals surface area contributed by atoms with Gasteiger partial charge in [0.2, 0.25) is 11.8 Å². The Hall–Kier alpha value is -3.20. The molecule has 0 spiro atoms. The number of benzene rings is 1. The van der Waals surface area contributed by atoms with Crippen LogP contribution >= 0.6 is 12.2 Å². The molecule has 1 aromatic carbocycles. The van der Waals surface area contributed by atoms with E-state index in [1.165, 1.54) is 0 Å². The predicted molar refractivity (Wildman–Crippen MR) is 111 cm³/mol. The van der Waals surface area contributed by atoms with Crippen LogP contribution in [-0.2, 0) is 17.9 Å². The van der Waals surface area contributed by atoms with Crippen LogP contribution in [0, 0.1) is 4.77 Å². The molecule has 2 aromatic heterocycles. The van der Waals surface area contributed by atoms with Crippen molar-refractivity contribution in [1.82, 2.24) is 25.1 Å². The summed E-state index contributed by atoms with van der Waals surface area (Å²) >= 11 is 5.32. The number of aromatic amines is 1. The maximum absolute atomic E-state index is 12.4. The summed E-state index contributed by atoms with van der Waals surface area (Å²) in [5.41, 5.74) is 1.72. The Kier molecular flexibility index (Phi) is 6.96. The van der Waals surface area contributed by atoms with Crippen molar-refractivity contribution in [2.24, 2.45) is 0 Å². The molecule has 0 unspecified atom stereocenters. The van der Waals surface area contributed by atoms with Crippen LogP contribution in [0.25, 0.3) is 11.4 Å². The summed E-state index contributed by atoms with van der Waals surface area (Å²) in [5, 5.41) is 9.99. The van der Waals surface area contributed by atoms with Crippen LogP contribution in [0.5, 0.6) is 11.6 Å². The van der Waals surface area contributed by atoms with Crippen LogP contribution in [0.4, 0.5) is 0 Å². The number of hydrogen-bond acceptors (Lipinski definition) is 6. The number of nitrogens with one attached hydrogen (secondary N) is 2. The van der Waals surface area contributed by atoms with Gasteiger partial charge in [0.25, 0.3) is 0 Å². The zero-order valence-corrected chi connectivity index (χ0v) is 17.2. The maximum Gasteiger partial charge on any atom is 0.222 e. The first-order valence-electron chi connectivity index (χ1n) is 9.25. The van der Waals surface area contributed by atoms with Crippen molar-refractivity contribution in [1.29, 1.82) is 0 Å². The number of amides is 1. The number of carbonyl (C=O) groups is 1. The molecule has 8 nitrogen and oxygen atoms in total. The fourth-order valence-electron chi connectivity index (χ4n) is 2.81. The van der Waals surface area contributed by atoms with Crippen molar-refractivity contribution < 1.29 is 14.3 Å². The molecule has 3 aromatic rings. The van der Waals surface area contributed by atoms with E-state index in [0.717, 1.165) is 16.9 Å². The van der Waals surface area contributed by atoms with Gasteiger partial charge in [0.05, 0.1) is 13.7 Å². The average molecular weight is 414 g/mol. The summed E-state index contributed by atoms with van der Waals surface area (Å²) in [7, 11) is 1.62. The van der Waals surface area contributed by atoms with Crippen molar-refractivity contribution in [3.63, 3.8) is 0 Å². The molecule has 2 heterocycles. The molecule has 1 amide bonds. The number of hydrogen-bond donors (Lipinski definition) is 2. The molecule has 0 fully saturated rings. The molecule has 0 saturated heterocycles. The summed E-state index contributed by atoms with van der Waals surface area (Å²) < 4.78 is 12.9. The highest BCUT2D eigenvalue weighted by atomic mass is 32.1. The van der Waals surface area contributed by atoms with E-state index in [1.54, 1.807) is 13.3 Å². The van der Waals surface area contributed by atoms with E-state index in [2.05, 4.69) is 20.5 Å². The number of carbonyl (C=O) groups excluding carboxylic acids is 1. The molecule has 0 radical (unpaired) electrons. The van der Waals surface area contributed by atoms with Gasteiger partial charge in [-0.1, -0.05) is 6.07 Å². The number of H-pyrrole nitrogens is 1. The third-order valence-corrected chi connectivity index (χ3v) is 4.59. The van der Waals surface area contributed by atoms with Gasteiger partial charge in [-0.3, -0.25) is 14.5 Å². The van der Waals surface area contributed by atoms with Crippen LogP contribution in [0.2, 0.25) is 0 Å². The number of methoxy groups -OCH3 is 1. The molecule has 0 aliphatic heterocycles. The summed E-state index contributed by atoms with van der Waals surface area (Å²) in [6, 6.07) is 11.2. The van der Waals surface area contributed by atoms with Crippen LogP contribution in [-0.4, -0.2) is 39.4 Å². The van der Waals surface area contributed by atoms with Gasteiger partial charge in [-0.15, -0.1) is 0 Å². The minimum Gasteiger partial charge on any atom is -0.497 e. The highest BCUT2D eigenvalue weighted by Crippen LogP contribution is 2.21. The van der Waals surface area contributed by atoms with E-state index in [4.69, 9.17) is 21.7 Å². The summed E-state index contributed by atoms with van der Waals surface area (Å²) in [6.07, 6.45) is 1.93. The molecule has 0 atom stereocenters. The first-order chi connectivity index (χ1) is 14.1. The van der Waals surface area contributed by atoms with Crippen LogP contribution in [0.1, 0.15) is 18.9 Å². The molecule has 0 aliphatic rings. The number of ether oxygens (including phenoxy) is 2. The standard InChI is InChI=1S/C20H23N5O3S/c1-3-28-19-15(5-4-11-21-19)13-22-17(26)10-12-25-18(23-24-20(25)29)14-6-8-16(27-2)9-7-14/h4-9,11H,3,10,12-13H2,1-2H3,(H,22,26)(H,24,29). The van der Waals surface area contributed by atoms with E-state index in [-0.39, 0.29) is 12.3 Å². The molecule has 2 N–H and O–H groups in total. The molecular weight excluding hydrogens is 390 g/mol. The Morgan fingerprint density at radius 1 is 1.28 bits per heavy atom. The van der Waals surface area contributed by atoms with E-state index >= 15 is 0 Å². The Morgan fingerprint density at radius 2 is 2.07 bits per heavy atom. The highest BCUT2D eigenvalue weighted by Gasteiger charge is 2.12. The van der Waals surface area contributed by atoms with Gasteiger partial charge < -0.3 is 14.8 Å². The topological polar surface area (TPSA) is 94.1 Å². The van der Waals surface area contributed by atoms with Gasteiger partial charge in [0, 0.05) is 36.8 Å². The fraction of sp³-hybridized carbons (Fsp3) is 0.300. The lowest BCUT2D eigenvalue weighted by atomic mass is 10.2. The molecule has 152 valence electrons. The smallest absolute Gasteiger partial charge is 0.222 e. The lowest BCUT2D eigenvalue weighted by molar-refractivity contribution is -0.121. The van der Waals surface area contributed by atoms with E-state index in [0.29, 0.717) is 36.2 Å². The Labute approximate surface area is 173 Å². The predicted octanol–water partition coefficient (Wildman–Crippen LogP) is 3.12. The van der Waals surface area contributed by atoms with Crippen LogP contribution < -0.4 is 14.8 Å². The maximum atomic E-state index is 12.4. The van der Waals surface area contributed by atoms with Crippen molar-refractivity contribution in [2.45, 2.75) is 26.4 Å². The van der Waals surface area contributed by atoms with Gasteiger partial charge in [-0.05, 0) is 49.5 Å². The quantitative estimate of drug-likeness (QED) is 0.524. The zero-order chi connectivity index (χ0) is 20.6. The minimum atomic E-state index is -0.0971. The fourth-order valence-corrected chi connectivity index (χ4v) is 3.03. The Morgan fingerprint density at radius 3 is 2.79 bits per heavy atom. The van der Waals surface area contributed by atoms with Gasteiger partial charge in [0.1, 0.15) is 5.75 Å². The minimum absolute atomic E-state index is 0.0971. The Balaban J connectivity index is 1.62. The van der Waals surface area contributed by atoms with E-state index in [1.807, 2.05) is 47.9 Å². The third kappa shape index (κ3) is 5.20. The van der Waals surface area contributed by atoms with Crippen LogP contribution in [0.15, 0.2) is 42.6 Å². The van der Waals surface area contributed by atoms with E-state index < -0.39 is 0 Å². The largest absolute Gasteiger partial charge is 0.497 e. The normalized spacial score (nSPS) is 10.6. The number of rotatable bonds is 9. The molecule has 0 saturated carbocycles.